The lowest BCUT2D eigenvalue weighted by atomic mass is 9.95. The van der Waals surface area contributed by atoms with E-state index in [1.807, 2.05) is 0 Å². The van der Waals surface area contributed by atoms with Crippen LogP contribution in [0.25, 0.3) is 0 Å². The molecule has 1 aliphatic carbocycles. The molecular formula is C13H26N4O2. The van der Waals surface area contributed by atoms with Gasteiger partial charge in [-0.05, 0) is 33.9 Å². The van der Waals surface area contributed by atoms with Gasteiger partial charge in [-0.25, -0.2) is 4.79 Å². The quantitative estimate of drug-likeness (QED) is 0.671. The average Bonchev–Trinajstić information content (AvgIpc) is 2.85. The fraction of sp³-hybridized carbons (Fsp3) is 0.846. The molecule has 1 fully saturated rings. The third kappa shape index (κ3) is 4.18. The molecule has 0 aliphatic heterocycles. The molecule has 6 heteroatoms. The van der Waals surface area contributed by atoms with Gasteiger partial charge in [0.2, 0.25) is 5.91 Å². The van der Waals surface area contributed by atoms with Crippen LogP contribution in [0.1, 0.15) is 32.6 Å². The van der Waals surface area contributed by atoms with Crippen molar-refractivity contribution < 1.29 is 9.59 Å². The summed E-state index contributed by atoms with van der Waals surface area (Å²) in [6, 6.07) is -0.850. The first-order valence-corrected chi connectivity index (χ1v) is 6.85. The maximum absolute atomic E-state index is 11.7. The second-order valence-electron chi connectivity index (χ2n) is 5.50. The Hall–Kier alpha value is -1.14. The van der Waals surface area contributed by atoms with E-state index in [4.69, 9.17) is 0 Å². The largest absolute Gasteiger partial charge is 0.341 e. The maximum atomic E-state index is 11.7. The van der Waals surface area contributed by atoms with Crippen molar-refractivity contribution in [3.8, 4) is 0 Å². The van der Waals surface area contributed by atoms with E-state index in [2.05, 4.69) is 34.9 Å². The summed E-state index contributed by atoms with van der Waals surface area (Å²) in [5.74, 6) is -0.300. The van der Waals surface area contributed by atoms with Crippen molar-refractivity contribution in [3.63, 3.8) is 0 Å². The zero-order chi connectivity index (χ0) is 14.5. The van der Waals surface area contributed by atoms with Gasteiger partial charge in [-0.3, -0.25) is 10.1 Å². The highest BCUT2D eigenvalue weighted by Crippen LogP contribution is 2.33. The van der Waals surface area contributed by atoms with Gasteiger partial charge in [-0.15, -0.1) is 0 Å². The highest BCUT2D eigenvalue weighted by molar-refractivity contribution is 5.96. The minimum Gasteiger partial charge on any atom is -0.341 e. The number of carbonyl (C=O) groups is 2. The number of amides is 3. The lowest BCUT2D eigenvalue weighted by Crippen LogP contribution is -2.54. The van der Waals surface area contributed by atoms with Crippen LogP contribution in [-0.4, -0.2) is 56.1 Å². The molecule has 19 heavy (non-hydrogen) atoms. The summed E-state index contributed by atoms with van der Waals surface area (Å²) >= 11 is 0. The van der Waals surface area contributed by atoms with Crippen molar-refractivity contribution in [1.82, 2.24) is 20.9 Å². The van der Waals surface area contributed by atoms with Crippen molar-refractivity contribution in [2.24, 2.45) is 0 Å². The molecule has 3 amide bonds. The molecular weight excluding hydrogens is 244 g/mol. The first-order chi connectivity index (χ1) is 8.91. The van der Waals surface area contributed by atoms with Gasteiger partial charge in [0.05, 0.1) is 6.04 Å². The van der Waals surface area contributed by atoms with Crippen molar-refractivity contribution in [2.75, 3.05) is 27.7 Å². The number of likely N-dealkylation sites (N-methyl/N-ethyl adjacent to an activating group) is 1. The van der Waals surface area contributed by atoms with E-state index in [9.17, 15) is 9.59 Å². The molecule has 0 aromatic rings. The number of nitrogens with one attached hydrogen (secondary N) is 3. The molecule has 0 heterocycles. The van der Waals surface area contributed by atoms with Gasteiger partial charge in [0, 0.05) is 19.1 Å². The summed E-state index contributed by atoms with van der Waals surface area (Å²) < 4.78 is 0. The summed E-state index contributed by atoms with van der Waals surface area (Å²) in [6.45, 7) is 2.54. The van der Waals surface area contributed by atoms with Crippen molar-refractivity contribution in [2.45, 2.75) is 44.2 Å². The summed E-state index contributed by atoms with van der Waals surface area (Å²) in [6.07, 6.45) is 4.77. The molecule has 3 N–H and O–H groups in total. The van der Waals surface area contributed by atoms with E-state index < -0.39 is 6.03 Å². The minimum absolute atomic E-state index is 0.140. The maximum Gasteiger partial charge on any atom is 0.321 e. The monoisotopic (exact) mass is 270 g/mol. The van der Waals surface area contributed by atoms with Gasteiger partial charge >= 0.3 is 6.03 Å². The van der Waals surface area contributed by atoms with Gasteiger partial charge in [0.25, 0.3) is 0 Å². The normalized spacial score (nSPS) is 19.2. The van der Waals surface area contributed by atoms with Gasteiger partial charge in [0.1, 0.15) is 0 Å². The molecule has 1 rings (SSSR count). The van der Waals surface area contributed by atoms with E-state index in [1.54, 1.807) is 6.92 Å². The van der Waals surface area contributed by atoms with E-state index in [-0.39, 0.29) is 17.5 Å². The van der Waals surface area contributed by atoms with E-state index in [0.717, 1.165) is 19.4 Å². The smallest absolute Gasteiger partial charge is 0.321 e. The molecule has 1 saturated carbocycles. The van der Waals surface area contributed by atoms with Crippen LogP contribution in [-0.2, 0) is 4.79 Å². The highest BCUT2D eigenvalue weighted by atomic mass is 16.2. The minimum atomic E-state index is -0.471. The fourth-order valence-corrected chi connectivity index (χ4v) is 2.53. The molecule has 0 radical (unpaired) electrons. The molecule has 0 spiro atoms. The number of hydrogen-bond acceptors (Lipinski definition) is 4. The first kappa shape index (κ1) is 15.9. The molecule has 0 saturated heterocycles. The van der Waals surface area contributed by atoms with Crippen LogP contribution in [0, 0.1) is 0 Å². The summed E-state index contributed by atoms with van der Waals surface area (Å²) in [5.41, 5.74) is 0.140. The van der Waals surface area contributed by atoms with Gasteiger partial charge < -0.3 is 15.5 Å². The number of hydrogen-bond donors (Lipinski definition) is 3. The number of carbonyl (C=O) groups excluding carboxylic acids is 2. The number of rotatable bonds is 5. The summed E-state index contributed by atoms with van der Waals surface area (Å²) in [5, 5.41) is 7.89. The van der Waals surface area contributed by atoms with Crippen LogP contribution in [0.3, 0.4) is 0 Å². The molecule has 1 aliphatic rings. The lowest BCUT2D eigenvalue weighted by Gasteiger charge is -2.37. The average molecular weight is 270 g/mol. The topological polar surface area (TPSA) is 73.5 Å². The Bertz CT molecular complexity index is 325. The van der Waals surface area contributed by atoms with Crippen LogP contribution in [0.4, 0.5) is 4.79 Å². The van der Waals surface area contributed by atoms with E-state index >= 15 is 0 Å². The van der Waals surface area contributed by atoms with Gasteiger partial charge in [-0.1, -0.05) is 12.8 Å². The second-order valence-corrected chi connectivity index (χ2v) is 5.50. The number of imide groups is 1. The van der Waals surface area contributed by atoms with Crippen LogP contribution < -0.4 is 16.0 Å². The molecule has 1 unspecified atom stereocenters. The predicted octanol–water partition coefficient (Wildman–Crippen LogP) is 0.295. The third-order valence-corrected chi connectivity index (χ3v) is 4.08. The number of nitrogens with zero attached hydrogens (tertiary/aromatic N) is 1. The Kier molecular flexibility index (Phi) is 5.75. The Morgan fingerprint density at radius 1 is 1.26 bits per heavy atom. The van der Waals surface area contributed by atoms with Crippen LogP contribution in [0.2, 0.25) is 0 Å². The Balaban J connectivity index is 2.46. The molecule has 0 aromatic carbocycles. The van der Waals surface area contributed by atoms with Crippen molar-refractivity contribution >= 4 is 11.9 Å². The molecule has 0 aromatic heterocycles. The molecule has 110 valence electrons. The first-order valence-electron chi connectivity index (χ1n) is 6.85. The van der Waals surface area contributed by atoms with Crippen LogP contribution in [0.5, 0.6) is 0 Å². The fourth-order valence-electron chi connectivity index (χ4n) is 2.53. The van der Waals surface area contributed by atoms with Crippen molar-refractivity contribution in [1.29, 1.82) is 0 Å². The molecule has 6 nitrogen and oxygen atoms in total. The molecule has 0 bridgehead atoms. The van der Waals surface area contributed by atoms with E-state index in [1.165, 1.54) is 19.9 Å². The summed E-state index contributed by atoms with van der Waals surface area (Å²) in [4.78, 5) is 25.1. The third-order valence-electron chi connectivity index (χ3n) is 4.08. The van der Waals surface area contributed by atoms with E-state index in [0.29, 0.717) is 0 Å². The Labute approximate surface area is 115 Å². The summed E-state index contributed by atoms with van der Waals surface area (Å²) in [7, 11) is 5.66. The highest BCUT2D eigenvalue weighted by Gasteiger charge is 2.36. The van der Waals surface area contributed by atoms with Crippen LogP contribution >= 0.6 is 0 Å². The molecule has 1 atom stereocenters. The SMILES string of the molecule is CNC(=O)NC(=O)C(C)NCC1(N(C)C)CCCC1. The van der Waals surface area contributed by atoms with Gasteiger partial charge in [-0.2, -0.15) is 0 Å². The second kappa shape index (κ2) is 6.86. The number of urea groups is 1. The Morgan fingerprint density at radius 2 is 1.84 bits per heavy atom. The van der Waals surface area contributed by atoms with Gasteiger partial charge in [0.15, 0.2) is 0 Å². The zero-order valence-corrected chi connectivity index (χ0v) is 12.4. The Morgan fingerprint density at radius 3 is 2.32 bits per heavy atom. The standard InChI is InChI=1S/C13H26N4O2/c1-10(11(18)16-12(19)14-2)15-9-13(17(3)4)7-5-6-8-13/h10,15H,5-9H2,1-4H3,(H2,14,16,18,19). The predicted molar refractivity (Wildman–Crippen MR) is 74.9 cm³/mol. The van der Waals surface area contributed by atoms with Crippen molar-refractivity contribution in [3.05, 3.63) is 0 Å². The van der Waals surface area contributed by atoms with Crippen LogP contribution in [0.15, 0.2) is 0 Å². The zero-order valence-electron chi connectivity index (χ0n) is 12.4. The lowest BCUT2D eigenvalue weighted by molar-refractivity contribution is -0.121.